The number of likely N-dealkylation sites (N-methyl/N-ethyl adjacent to an activating group) is 1. The number of carboxylic acids is 2. The molecule has 0 radical (unpaired) electrons. The molecule has 13 heavy (non-hydrogen) atoms. The molecule has 0 aromatic rings. The van der Waals surface area contributed by atoms with E-state index in [1.165, 1.54) is 4.90 Å². The second kappa shape index (κ2) is 6.90. The topological polar surface area (TPSA) is 77.8 Å². The Labute approximate surface area is 76.6 Å². The van der Waals surface area contributed by atoms with Crippen molar-refractivity contribution in [3.05, 3.63) is 24.9 Å². The van der Waals surface area contributed by atoms with Gasteiger partial charge in [0, 0.05) is 20.2 Å². The van der Waals surface area contributed by atoms with E-state index in [1.54, 1.807) is 14.1 Å². The molecule has 5 heteroatoms. The molecule has 0 aliphatic heterocycles. The zero-order chi connectivity index (χ0) is 11.0. The molecule has 0 bridgehead atoms. The molecule has 0 amide bonds. The highest BCUT2D eigenvalue weighted by atomic mass is 16.4. The number of hydrogen-bond acceptors (Lipinski definition) is 3. The summed E-state index contributed by atoms with van der Waals surface area (Å²) < 4.78 is 0. The molecule has 0 aromatic carbocycles. The Kier molecular flexibility index (Phi) is 7.32. The third-order valence-corrected chi connectivity index (χ3v) is 0.961. The first-order valence-electron chi connectivity index (χ1n) is 3.27. The van der Waals surface area contributed by atoms with Crippen molar-refractivity contribution >= 4 is 11.9 Å². The number of nitrogens with zero attached hydrogens (tertiary/aromatic N) is 1. The molecule has 0 spiro atoms. The molecular weight excluding hydrogens is 174 g/mol. The van der Waals surface area contributed by atoms with Crippen LogP contribution in [-0.2, 0) is 9.59 Å². The van der Waals surface area contributed by atoms with Gasteiger partial charge in [0.1, 0.15) is 5.70 Å². The molecule has 0 fully saturated rings. The van der Waals surface area contributed by atoms with E-state index in [-0.39, 0.29) is 5.70 Å². The van der Waals surface area contributed by atoms with Gasteiger partial charge < -0.3 is 15.1 Å². The van der Waals surface area contributed by atoms with Gasteiger partial charge in [-0.25, -0.2) is 9.59 Å². The van der Waals surface area contributed by atoms with Crippen LogP contribution in [0.1, 0.15) is 0 Å². The maximum absolute atomic E-state index is 10.00. The fourth-order valence-electron chi connectivity index (χ4n) is 0.191. The van der Waals surface area contributed by atoms with Gasteiger partial charge in [-0.1, -0.05) is 13.2 Å². The Bertz CT molecular complexity index is 220. The average Bonchev–Trinajstić information content (AvgIpc) is 2.03. The summed E-state index contributed by atoms with van der Waals surface area (Å²) in [6, 6.07) is 0. The van der Waals surface area contributed by atoms with Crippen molar-refractivity contribution in [2.45, 2.75) is 0 Å². The molecule has 0 unspecified atom stereocenters. The van der Waals surface area contributed by atoms with Crippen molar-refractivity contribution in [3.63, 3.8) is 0 Å². The van der Waals surface area contributed by atoms with E-state index in [0.717, 1.165) is 6.08 Å². The molecule has 0 aliphatic carbocycles. The molecule has 0 saturated carbocycles. The van der Waals surface area contributed by atoms with Gasteiger partial charge in [-0.2, -0.15) is 0 Å². The van der Waals surface area contributed by atoms with Gasteiger partial charge in [-0.3, -0.25) is 0 Å². The highest BCUT2D eigenvalue weighted by molar-refractivity contribution is 5.84. The lowest BCUT2D eigenvalue weighted by molar-refractivity contribution is -0.134. The molecule has 0 aliphatic rings. The van der Waals surface area contributed by atoms with Crippen molar-refractivity contribution in [1.29, 1.82) is 0 Å². The number of rotatable bonds is 3. The summed E-state index contributed by atoms with van der Waals surface area (Å²) in [4.78, 5) is 20.7. The fourth-order valence-corrected chi connectivity index (χ4v) is 0.191. The Morgan fingerprint density at radius 1 is 1.31 bits per heavy atom. The van der Waals surface area contributed by atoms with Crippen LogP contribution in [0, 0.1) is 0 Å². The van der Waals surface area contributed by atoms with Gasteiger partial charge in [-0.05, 0) is 0 Å². The van der Waals surface area contributed by atoms with Gasteiger partial charge in [0.05, 0.1) is 0 Å². The molecule has 74 valence electrons. The molecule has 0 saturated heterocycles. The first-order valence-corrected chi connectivity index (χ1v) is 3.27. The van der Waals surface area contributed by atoms with Crippen molar-refractivity contribution in [1.82, 2.24) is 4.90 Å². The van der Waals surface area contributed by atoms with E-state index >= 15 is 0 Å². The molecule has 0 aromatic heterocycles. The SMILES string of the molecule is C=C(C(=O)O)N(C)C.C=CC(=O)O. The van der Waals surface area contributed by atoms with Crippen LogP contribution in [-0.4, -0.2) is 41.1 Å². The van der Waals surface area contributed by atoms with Crippen molar-refractivity contribution < 1.29 is 19.8 Å². The maximum atomic E-state index is 10.00. The smallest absolute Gasteiger partial charge is 0.351 e. The summed E-state index contributed by atoms with van der Waals surface area (Å²) in [6.45, 7) is 6.24. The zero-order valence-electron chi connectivity index (χ0n) is 7.65. The van der Waals surface area contributed by atoms with E-state index in [1.807, 2.05) is 0 Å². The van der Waals surface area contributed by atoms with E-state index in [4.69, 9.17) is 10.2 Å². The molecule has 0 heterocycles. The standard InChI is InChI=1S/C5H9NO2.C3H4O2/c1-4(5(7)8)6(2)3;1-2-3(4)5/h1H2,2-3H3,(H,7,8);2H,1H2,(H,4,5). The summed E-state index contributed by atoms with van der Waals surface area (Å²) in [6.07, 6.45) is 0.833. The minimum absolute atomic E-state index is 0.102. The Hall–Kier alpha value is -1.78. The van der Waals surface area contributed by atoms with E-state index in [0.29, 0.717) is 0 Å². The van der Waals surface area contributed by atoms with Crippen LogP contribution in [0.3, 0.4) is 0 Å². The van der Waals surface area contributed by atoms with Crippen LogP contribution in [0.4, 0.5) is 0 Å². The summed E-state index contributed by atoms with van der Waals surface area (Å²) in [5, 5.41) is 15.8. The molecular formula is C8H13NO4. The maximum Gasteiger partial charge on any atom is 0.351 e. The molecule has 0 atom stereocenters. The van der Waals surface area contributed by atoms with Crippen LogP contribution < -0.4 is 0 Å². The second-order valence-corrected chi connectivity index (χ2v) is 2.19. The first kappa shape index (κ1) is 13.8. The number of aliphatic carboxylic acids is 2. The molecule has 2 N–H and O–H groups in total. The monoisotopic (exact) mass is 187 g/mol. The van der Waals surface area contributed by atoms with Gasteiger partial charge in [0.15, 0.2) is 0 Å². The van der Waals surface area contributed by atoms with Crippen LogP contribution >= 0.6 is 0 Å². The summed E-state index contributed by atoms with van der Waals surface area (Å²) in [7, 11) is 3.27. The van der Waals surface area contributed by atoms with Crippen molar-refractivity contribution in [3.8, 4) is 0 Å². The number of carboxylic acid groups (broad SMARTS) is 2. The van der Waals surface area contributed by atoms with Gasteiger partial charge in [0.2, 0.25) is 0 Å². The first-order chi connectivity index (χ1) is 5.82. The summed E-state index contributed by atoms with van der Waals surface area (Å²) >= 11 is 0. The summed E-state index contributed by atoms with van der Waals surface area (Å²) in [5.41, 5.74) is 0.102. The number of carbonyl (C=O) groups is 2. The van der Waals surface area contributed by atoms with Crippen LogP contribution in [0.15, 0.2) is 24.9 Å². The molecule has 5 nitrogen and oxygen atoms in total. The van der Waals surface area contributed by atoms with Crippen LogP contribution in [0.25, 0.3) is 0 Å². The van der Waals surface area contributed by atoms with Crippen LogP contribution in [0.2, 0.25) is 0 Å². The lowest BCUT2D eigenvalue weighted by atomic mass is 10.5. The second-order valence-electron chi connectivity index (χ2n) is 2.19. The van der Waals surface area contributed by atoms with E-state index in [9.17, 15) is 9.59 Å². The van der Waals surface area contributed by atoms with Crippen LogP contribution in [0.5, 0.6) is 0 Å². The van der Waals surface area contributed by atoms with E-state index < -0.39 is 11.9 Å². The average molecular weight is 187 g/mol. The Morgan fingerprint density at radius 3 is 1.62 bits per heavy atom. The Balaban J connectivity index is 0. The number of hydrogen-bond donors (Lipinski definition) is 2. The predicted molar refractivity (Wildman–Crippen MR) is 48.3 cm³/mol. The van der Waals surface area contributed by atoms with Gasteiger partial charge >= 0.3 is 11.9 Å². The highest BCUT2D eigenvalue weighted by Crippen LogP contribution is 1.91. The fraction of sp³-hybridized carbons (Fsp3) is 0.250. The van der Waals surface area contributed by atoms with Gasteiger partial charge in [-0.15, -0.1) is 0 Å². The lowest BCUT2D eigenvalue weighted by Gasteiger charge is -2.09. The minimum atomic E-state index is -0.981. The predicted octanol–water partition coefficient (Wildman–Crippen LogP) is 0.403. The zero-order valence-corrected chi connectivity index (χ0v) is 7.65. The quantitative estimate of drug-likeness (QED) is 0.625. The van der Waals surface area contributed by atoms with Crippen molar-refractivity contribution in [2.24, 2.45) is 0 Å². The highest BCUT2D eigenvalue weighted by Gasteiger charge is 2.02. The van der Waals surface area contributed by atoms with E-state index in [2.05, 4.69) is 13.2 Å². The Morgan fingerprint density at radius 2 is 1.62 bits per heavy atom. The minimum Gasteiger partial charge on any atom is -0.478 e. The normalized spacial score (nSPS) is 7.54. The third kappa shape index (κ3) is 10.2. The summed E-state index contributed by atoms with van der Waals surface area (Å²) in [5.74, 6) is -1.96. The third-order valence-electron chi connectivity index (χ3n) is 0.961. The largest absolute Gasteiger partial charge is 0.478 e. The lowest BCUT2D eigenvalue weighted by Crippen LogP contribution is -2.17. The van der Waals surface area contributed by atoms with Crippen molar-refractivity contribution in [2.75, 3.05) is 14.1 Å². The molecule has 0 rings (SSSR count). The van der Waals surface area contributed by atoms with Gasteiger partial charge in [0.25, 0.3) is 0 Å².